The van der Waals surface area contributed by atoms with E-state index in [9.17, 15) is 5.11 Å². The summed E-state index contributed by atoms with van der Waals surface area (Å²) in [5.74, 6) is -0.195. The van der Waals surface area contributed by atoms with Crippen LogP contribution in [-0.2, 0) is 6.54 Å². The molecule has 4 heteroatoms. The van der Waals surface area contributed by atoms with E-state index >= 15 is 0 Å². The minimum absolute atomic E-state index is 0.0874. The molecule has 1 unspecified atom stereocenters. The molecule has 0 saturated carbocycles. The molecule has 0 spiro atoms. The summed E-state index contributed by atoms with van der Waals surface area (Å²) in [5, 5.41) is 21.5. The van der Waals surface area contributed by atoms with Crippen LogP contribution < -0.4 is 11.1 Å². The summed E-state index contributed by atoms with van der Waals surface area (Å²) >= 11 is 0. The van der Waals surface area contributed by atoms with Crippen molar-refractivity contribution in [2.75, 3.05) is 0 Å². The Morgan fingerprint density at radius 1 is 1.46 bits per heavy atom. The van der Waals surface area contributed by atoms with Crippen LogP contribution in [0.4, 0.5) is 0 Å². The largest absolute Gasteiger partial charge is 0.504 e. The van der Waals surface area contributed by atoms with E-state index in [-0.39, 0.29) is 17.7 Å². The summed E-state index contributed by atoms with van der Waals surface area (Å²) in [7, 11) is 0. The van der Waals surface area contributed by atoms with Crippen molar-refractivity contribution in [3.05, 3.63) is 23.8 Å². The number of hydrogen-bond acceptors (Lipinski definition) is 4. The lowest BCUT2D eigenvalue weighted by atomic mass is 10.2. The van der Waals surface area contributed by atoms with E-state index in [4.69, 9.17) is 10.8 Å². The molecular weight excluding hydrogens is 168 g/mol. The van der Waals surface area contributed by atoms with Gasteiger partial charge in [-0.1, -0.05) is 12.1 Å². The van der Waals surface area contributed by atoms with Gasteiger partial charge in [0, 0.05) is 12.1 Å². The molecule has 0 fully saturated rings. The first-order valence-electron chi connectivity index (χ1n) is 4.10. The molecule has 1 aromatic carbocycles. The molecule has 0 aromatic heterocycles. The molecule has 0 bridgehead atoms. The fourth-order valence-electron chi connectivity index (χ4n) is 0.991. The topological polar surface area (TPSA) is 78.5 Å². The monoisotopic (exact) mass is 182 g/mol. The van der Waals surface area contributed by atoms with Gasteiger partial charge in [0.1, 0.15) is 0 Å². The normalized spacial score (nSPS) is 12.8. The van der Waals surface area contributed by atoms with Gasteiger partial charge >= 0.3 is 0 Å². The number of nitrogens with one attached hydrogen (secondary N) is 1. The lowest BCUT2D eigenvalue weighted by Crippen LogP contribution is -2.33. The van der Waals surface area contributed by atoms with Gasteiger partial charge in [0.15, 0.2) is 11.5 Å². The van der Waals surface area contributed by atoms with E-state index in [2.05, 4.69) is 5.32 Å². The van der Waals surface area contributed by atoms with Crippen molar-refractivity contribution in [3.8, 4) is 11.5 Å². The summed E-state index contributed by atoms with van der Waals surface area (Å²) in [5.41, 5.74) is 6.11. The van der Waals surface area contributed by atoms with Crippen LogP contribution in [0, 0.1) is 0 Å². The molecule has 0 saturated heterocycles. The molecule has 72 valence electrons. The average Bonchev–Trinajstić information content (AvgIpc) is 2.07. The molecule has 4 nitrogen and oxygen atoms in total. The maximum absolute atomic E-state index is 9.38. The minimum atomic E-state index is -0.137. The first-order chi connectivity index (χ1) is 6.11. The molecule has 0 aliphatic rings. The molecule has 0 aliphatic carbocycles. The molecule has 1 rings (SSSR count). The zero-order chi connectivity index (χ0) is 9.84. The van der Waals surface area contributed by atoms with E-state index in [1.54, 1.807) is 19.1 Å². The second kappa shape index (κ2) is 4.11. The Hall–Kier alpha value is -1.26. The number of phenolic OH excluding ortho intramolecular Hbond substituents is 2. The van der Waals surface area contributed by atoms with Crippen LogP contribution >= 0.6 is 0 Å². The summed E-state index contributed by atoms with van der Waals surface area (Å²) < 4.78 is 0. The van der Waals surface area contributed by atoms with Crippen molar-refractivity contribution < 1.29 is 10.2 Å². The zero-order valence-corrected chi connectivity index (χ0v) is 7.49. The molecule has 13 heavy (non-hydrogen) atoms. The molecule has 0 aliphatic heterocycles. The average molecular weight is 182 g/mol. The fraction of sp³-hybridized carbons (Fsp3) is 0.333. The third kappa shape index (κ3) is 2.61. The van der Waals surface area contributed by atoms with Crippen molar-refractivity contribution >= 4 is 0 Å². The Morgan fingerprint density at radius 2 is 2.15 bits per heavy atom. The van der Waals surface area contributed by atoms with Crippen LogP contribution in [0.25, 0.3) is 0 Å². The van der Waals surface area contributed by atoms with Gasteiger partial charge < -0.3 is 15.9 Å². The van der Waals surface area contributed by atoms with Crippen LogP contribution in [0.5, 0.6) is 11.5 Å². The number of hydrogen-bond donors (Lipinski definition) is 4. The third-order valence-electron chi connectivity index (χ3n) is 1.71. The molecular formula is C9H14N2O2. The molecule has 0 heterocycles. The predicted molar refractivity (Wildman–Crippen MR) is 50.3 cm³/mol. The number of para-hydroxylation sites is 1. The zero-order valence-electron chi connectivity index (χ0n) is 7.49. The Balaban J connectivity index is 2.71. The standard InChI is InChI=1S/C9H14N2O2/c1-6(10)11-5-7-3-2-4-8(12)9(7)13/h2-4,6,11-13H,5,10H2,1H3. The SMILES string of the molecule is CC(N)NCc1cccc(O)c1O. The van der Waals surface area contributed by atoms with Crippen molar-refractivity contribution in [2.24, 2.45) is 5.73 Å². The van der Waals surface area contributed by atoms with Crippen molar-refractivity contribution in [1.29, 1.82) is 0 Å². The van der Waals surface area contributed by atoms with Gasteiger partial charge in [-0.15, -0.1) is 0 Å². The van der Waals surface area contributed by atoms with Crippen LogP contribution in [0.1, 0.15) is 12.5 Å². The van der Waals surface area contributed by atoms with Gasteiger partial charge in [0.2, 0.25) is 0 Å². The van der Waals surface area contributed by atoms with Gasteiger partial charge in [-0.3, -0.25) is 5.32 Å². The molecule has 1 atom stereocenters. The second-order valence-electron chi connectivity index (χ2n) is 2.95. The number of rotatable bonds is 3. The van der Waals surface area contributed by atoms with Gasteiger partial charge in [-0.05, 0) is 13.0 Å². The van der Waals surface area contributed by atoms with E-state index in [1.807, 2.05) is 0 Å². The van der Waals surface area contributed by atoms with Gasteiger partial charge in [-0.25, -0.2) is 0 Å². The highest BCUT2D eigenvalue weighted by Crippen LogP contribution is 2.27. The molecule has 1 aromatic rings. The summed E-state index contributed by atoms with van der Waals surface area (Å²) in [4.78, 5) is 0. The van der Waals surface area contributed by atoms with E-state index in [0.29, 0.717) is 12.1 Å². The summed E-state index contributed by atoms with van der Waals surface area (Å²) in [6.45, 7) is 2.25. The van der Waals surface area contributed by atoms with Crippen LogP contribution in [0.2, 0.25) is 0 Å². The summed E-state index contributed by atoms with van der Waals surface area (Å²) in [6, 6.07) is 4.84. The van der Waals surface area contributed by atoms with E-state index in [1.165, 1.54) is 6.07 Å². The van der Waals surface area contributed by atoms with Gasteiger partial charge in [-0.2, -0.15) is 0 Å². The lowest BCUT2D eigenvalue weighted by molar-refractivity contribution is 0.396. The first kappa shape index (κ1) is 9.83. The molecule has 5 N–H and O–H groups in total. The van der Waals surface area contributed by atoms with Crippen molar-refractivity contribution in [2.45, 2.75) is 19.6 Å². The van der Waals surface area contributed by atoms with Gasteiger partial charge in [0.05, 0.1) is 6.17 Å². The second-order valence-corrected chi connectivity index (χ2v) is 2.95. The highest BCUT2D eigenvalue weighted by Gasteiger charge is 2.05. The maximum atomic E-state index is 9.38. The Kier molecular flexibility index (Phi) is 3.11. The smallest absolute Gasteiger partial charge is 0.161 e. The van der Waals surface area contributed by atoms with Gasteiger partial charge in [0.25, 0.3) is 0 Å². The Labute approximate surface area is 77.0 Å². The van der Waals surface area contributed by atoms with E-state index < -0.39 is 0 Å². The highest BCUT2D eigenvalue weighted by molar-refractivity contribution is 5.44. The van der Waals surface area contributed by atoms with Crippen LogP contribution in [-0.4, -0.2) is 16.4 Å². The predicted octanol–water partition coefficient (Wildman–Crippen LogP) is 0.492. The van der Waals surface area contributed by atoms with E-state index in [0.717, 1.165) is 0 Å². The van der Waals surface area contributed by atoms with Crippen molar-refractivity contribution in [1.82, 2.24) is 5.32 Å². The molecule has 0 radical (unpaired) electrons. The highest BCUT2D eigenvalue weighted by atomic mass is 16.3. The fourth-order valence-corrected chi connectivity index (χ4v) is 0.991. The Morgan fingerprint density at radius 3 is 2.77 bits per heavy atom. The summed E-state index contributed by atoms with van der Waals surface area (Å²) in [6.07, 6.45) is -0.137. The van der Waals surface area contributed by atoms with Crippen molar-refractivity contribution in [3.63, 3.8) is 0 Å². The number of aromatic hydroxyl groups is 2. The molecule has 0 amide bonds. The number of benzene rings is 1. The Bertz CT molecular complexity index is 287. The third-order valence-corrected chi connectivity index (χ3v) is 1.71. The minimum Gasteiger partial charge on any atom is -0.504 e. The lowest BCUT2D eigenvalue weighted by Gasteiger charge is -2.09. The number of phenols is 2. The van der Waals surface area contributed by atoms with Crippen LogP contribution in [0.15, 0.2) is 18.2 Å². The maximum Gasteiger partial charge on any atom is 0.161 e. The quantitative estimate of drug-likeness (QED) is 0.405. The van der Waals surface area contributed by atoms with Crippen LogP contribution in [0.3, 0.4) is 0 Å². The first-order valence-corrected chi connectivity index (χ1v) is 4.10. The number of nitrogens with two attached hydrogens (primary N) is 1.